The molecule has 0 heterocycles. The van der Waals surface area contributed by atoms with Gasteiger partial charge in [-0.2, -0.15) is 0 Å². The fourth-order valence-electron chi connectivity index (χ4n) is 1.92. The van der Waals surface area contributed by atoms with Crippen LogP contribution in [-0.4, -0.2) is 11.7 Å². The number of aliphatic hydroxyl groups excluding tert-OH is 1. The van der Waals surface area contributed by atoms with E-state index in [0.29, 0.717) is 22.9 Å². The predicted molar refractivity (Wildman–Crippen MR) is 83.1 cm³/mol. The number of hydrogen-bond donors (Lipinski definition) is 1. The van der Waals surface area contributed by atoms with Gasteiger partial charge in [0, 0.05) is 17.2 Å². The van der Waals surface area contributed by atoms with Crippen LogP contribution in [0.1, 0.15) is 24.2 Å². The second kappa shape index (κ2) is 6.84. The van der Waals surface area contributed by atoms with E-state index in [0.717, 1.165) is 0 Å². The molecule has 0 saturated carbocycles. The number of halogens is 4. The van der Waals surface area contributed by atoms with Gasteiger partial charge in [-0.15, -0.1) is 0 Å². The third kappa shape index (κ3) is 3.43. The molecule has 0 saturated heterocycles. The molecule has 0 aliphatic heterocycles. The maximum absolute atomic E-state index is 13.5. The lowest BCUT2D eigenvalue weighted by Crippen LogP contribution is -2.03. The lowest BCUT2D eigenvalue weighted by atomic mass is 10.0. The van der Waals surface area contributed by atoms with Crippen LogP contribution in [0.3, 0.4) is 0 Å². The molecule has 1 atom stereocenters. The van der Waals surface area contributed by atoms with Crippen molar-refractivity contribution in [2.45, 2.75) is 13.0 Å². The second-order valence-corrected chi connectivity index (χ2v) is 5.48. The summed E-state index contributed by atoms with van der Waals surface area (Å²) in [6, 6.07) is 7.20. The second-order valence-electron chi connectivity index (χ2n) is 4.28. The minimum absolute atomic E-state index is 0.147. The highest BCUT2D eigenvalue weighted by Crippen LogP contribution is 2.38. The maximum atomic E-state index is 13.5. The number of aliphatic hydroxyl groups is 1. The zero-order valence-corrected chi connectivity index (χ0v) is 13.3. The van der Waals surface area contributed by atoms with Gasteiger partial charge < -0.3 is 9.84 Å². The van der Waals surface area contributed by atoms with Crippen LogP contribution in [0.4, 0.5) is 4.39 Å². The molecule has 112 valence electrons. The zero-order valence-electron chi connectivity index (χ0n) is 11.0. The molecule has 2 aromatic carbocycles. The van der Waals surface area contributed by atoms with E-state index in [1.807, 2.05) is 6.92 Å². The van der Waals surface area contributed by atoms with Crippen LogP contribution < -0.4 is 4.74 Å². The fraction of sp³-hybridized carbons (Fsp3) is 0.200. The van der Waals surface area contributed by atoms with Crippen molar-refractivity contribution in [2.24, 2.45) is 0 Å². The molecular weight excluding hydrogens is 338 g/mol. The molecule has 2 aromatic rings. The van der Waals surface area contributed by atoms with Crippen molar-refractivity contribution in [3.8, 4) is 5.75 Å². The Bertz CT molecular complexity index is 662. The van der Waals surface area contributed by atoms with E-state index in [9.17, 15) is 9.50 Å². The third-order valence-corrected chi connectivity index (χ3v) is 3.94. The molecule has 1 N–H and O–H groups in total. The molecule has 21 heavy (non-hydrogen) atoms. The Hall–Kier alpha value is -1.00. The number of benzene rings is 2. The van der Waals surface area contributed by atoms with Crippen molar-refractivity contribution in [1.82, 2.24) is 0 Å². The molecule has 0 spiro atoms. The van der Waals surface area contributed by atoms with Gasteiger partial charge in [0.1, 0.15) is 17.7 Å². The summed E-state index contributed by atoms with van der Waals surface area (Å²) in [5.41, 5.74) is 0.552. The summed E-state index contributed by atoms with van der Waals surface area (Å²) in [5.74, 6) is -0.188. The normalized spacial score (nSPS) is 12.3. The summed E-state index contributed by atoms with van der Waals surface area (Å²) in [4.78, 5) is 0. The molecule has 2 rings (SSSR count). The molecule has 0 amide bonds. The molecule has 6 heteroatoms. The van der Waals surface area contributed by atoms with E-state index in [4.69, 9.17) is 39.5 Å². The summed E-state index contributed by atoms with van der Waals surface area (Å²) >= 11 is 18.1. The number of rotatable bonds is 4. The van der Waals surface area contributed by atoms with Crippen molar-refractivity contribution in [3.63, 3.8) is 0 Å². The first kappa shape index (κ1) is 16.4. The van der Waals surface area contributed by atoms with E-state index >= 15 is 0 Å². The van der Waals surface area contributed by atoms with Crippen LogP contribution in [0.15, 0.2) is 30.3 Å². The van der Waals surface area contributed by atoms with Crippen LogP contribution in [0.5, 0.6) is 5.75 Å². The first-order chi connectivity index (χ1) is 9.95. The highest BCUT2D eigenvalue weighted by molar-refractivity contribution is 6.35. The molecule has 0 radical (unpaired) electrons. The summed E-state index contributed by atoms with van der Waals surface area (Å²) < 4.78 is 18.8. The van der Waals surface area contributed by atoms with Crippen molar-refractivity contribution in [2.75, 3.05) is 6.61 Å². The molecule has 0 aliphatic rings. The van der Waals surface area contributed by atoms with Gasteiger partial charge in [-0.1, -0.05) is 46.9 Å². The van der Waals surface area contributed by atoms with Crippen LogP contribution >= 0.6 is 34.8 Å². The van der Waals surface area contributed by atoms with Gasteiger partial charge in [-0.05, 0) is 19.1 Å². The molecule has 2 nitrogen and oxygen atoms in total. The average Bonchev–Trinajstić information content (AvgIpc) is 2.45. The quantitative estimate of drug-likeness (QED) is 0.815. The number of ether oxygens (including phenoxy) is 1. The van der Waals surface area contributed by atoms with Crippen LogP contribution in [-0.2, 0) is 0 Å². The van der Waals surface area contributed by atoms with Gasteiger partial charge >= 0.3 is 0 Å². The lowest BCUT2D eigenvalue weighted by molar-refractivity contribution is 0.220. The highest BCUT2D eigenvalue weighted by Gasteiger charge is 2.20. The molecule has 1 unspecified atom stereocenters. The molecule has 0 aromatic heterocycles. The van der Waals surface area contributed by atoms with Gasteiger partial charge in [0.05, 0.1) is 21.7 Å². The van der Waals surface area contributed by atoms with Crippen molar-refractivity contribution >= 4 is 34.8 Å². The van der Waals surface area contributed by atoms with Crippen LogP contribution in [0, 0.1) is 5.82 Å². The first-order valence-electron chi connectivity index (χ1n) is 6.19. The SMILES string of the molecule is CCOc1cc(Cl)c(C(O)c2cccc(F)c2Cl)cc1Cl. The topological polar surface area (TPSA) is 29.5 Å². The Morgan fingerprint density at radius 1 is 1.14 bits per heavy atom. The van der Waals surface area contributed by atoms with Crippen molar-refractivity contribution in [3.05, 3.63) is 62.3 Å². The Labute approximate surface area is 137 Å². The maximum Gasteiger partial charge on any atom is 0.142 e. The Morgan fingerprint density at radius 3 is 2.52 bits per heavy atom. The van der Waals surface area contributed by atoms with E-state index in [2.05, 4.69) is 0 Å². The Balaban J connectivity index is 2.46. The summed E-state index contributed by atoms with van der Waals surface area (Å²) in [6.45, 7) is 2.26. The van der Waals surface area contributed by atoms with E-state index in [1.165, 1.54) is 30.3 Å². The minimum Gasteiger partial charge on any atom is -0.492 e. The summed E-state index contributed by atoms with van der Waals surface area (Å²) in [5, 5.41) is 10.8. The number of hydrogen-bond acceptors (Lipinski definition) is 2. The Morgan fingerprint density at radius 2 is 1.86 bits per heavy atom. The largest absolute Gasteiger partial charge is 0.492 e. The van der Waals surface area contributed by atoms with Crippen LogP contribution in [0.2, 0.25) is 15.1 Å². The third-order valence-electron chi connectivity index (χ3n) is 2.92. The smallest absolute Gasteiger partial charge is 0.142 e. The standard InChI is InChI=1S/C15H12Cl3FO2/c1-2-21-13-7-10(16)9(6-11(13)17)15(20)8-4-3-5-12(19)14(8)18/h3-7,15,20H,2H2,1H3. The molecule has 0 aliphatic carbocycles. The van der Waals surface area contributed by atoms with Gasteiger partial charge in [0.2, 0.25) is 0 Å². The van der Waals surface area contributed by atoms with Gasteiger partial charge in [-0.25, -0.2) is 4.39 Å². The predicted octanol–water partition coefficient (Wildman–Crippen LogP) is 5.27. The zero-order chi connectivity index (χ0) is 15.6. The lowest BCUT2D eigenvalue weighted by Gasteiger charge is -2.17. The van der Waals surface area contributed by atoms with Gasteiger partial charge in [0.25, 0.3) is 0 Å². The average molecular weight is 350 g/mol. The summed E-state index contributed by atoms with van der Waals surface area (Å²) in [7, 11) is 0. The van der Waals surface area contributed by atoms with Crippen LogP contribution in [0.25, 0.3) is 0 Å². The Kier molecular flexibility index (Phi) is 5.33. The first-order valence-corrected chi connectivity index (χ1v) is 7.32. The molecule has 0 fully saturated rings. The summed E-state index contributed by atoms with van der Waals surface area (Å²) in [6.07, 6.45) is -1.19. The van der Waals surface area contributed by atoms with Crippen molar-refractivity contribution in [1.29, 1.82) is 0 Å². The molecule has 0 bridgehead atoms. The van der Waals surface area contributed by atoms with Gasteiger partial charge in [-0.3, -0.25) is 0 Å². The van der Waals surface area contributed by atoms with E-state index in [-0.39, 0.29) is 15.6 Å². The highest BCUT2D eigenvalue weighted by atomic mass is 35.5. The van der Waals surface area contributed by atoms with Crippen molar-refractivity contribution < 1.29 is 14.2 Å². The fourth-order valence-corrected chi connectivity index (χ4v) is 2.63. The molecular formula is C15H12Cl3FO2. The van der Waals surface area contributed by atoms with E-state index < -0.39 is 11.9 Å². The van der Waals surface area contributed by atoms with E-state index in [1.54, 1.807) is 0 Å². The van der Waals surface area contributed by atoms with Gasteiger partial charge in [0.15, 0.2) is 0 Å². The minimum atomic E-state index is -1.19. The monoisotopic (exact) mass is 348 g/mol.